The Morgan fingerprint density at radius 1 is 1.41 bits per heavy atom. The number of anilines is 1. The molecule has 88 valence electrons. The number of nitrogens with two attached hydrogens (primary N) is 1. The van der Waals surface area contributed by atoms with Crippen molar-refractivity contribution < 1.29 is 9.53 Å². The Morgan fingerprint density at radius 2 is 2.18 bits per heavy atom. The number of thiophene rings is 1. The number of benzene rings is 1. The molecule has 1 heterocycles. The van der Waals surface area contributed by atoms with Crippen LogP contribution in [-0.2, 0) is 0 Å². The number of rotatable bonds is 3. The van der Waals surface area contributed by atoms with Crippen molar-refractivity contribution in [3.8, 4) is 5.75 Å². The lowest BCUT2D eigenvalue weighted by atomic mass is 10.1. The van der Waals surface area contributed by atoms with Gasteiger partial charge in [0.05, 0.1) is 17.7 Å². The van der Waals surface area contributed by atoms with E-state index < -0.39 is 0 Å². The number of ether oxygens (including phenoxy) is 1. The Hall–Kier alpha value is -1.52. The molecule has 3 nitrogen and oxygen atoms in total. The molecular weight excluding hydrogens is 258 g/mol. The van der Waals surface area contributed by atoms with Gasteiger partial charge < -0.3 is 10.5 Å². The number of carbonyl (C=O) groups excluding carboxylic acids is 1. The number of hydrogen-bond acceptors (Lipinski definition) is 4. The number of methoxy groups -OCH3 is 1. The summed E-state index contributed by atoms with van der Waals surface area (Å²) in [6, 6.07) is 6.75. The van der Waals surface area contributed by atoms with Gasteiger partial charge in [-0.1, -0.05) is 17.7 Å². The van der Waals surface area contributed by atoms with Gasteiger partial charge in [-0.25, -0.2) is 0 Å². The van der Waals surface area contributed by atoms with Gasteiger partial charge in [0.25, 0.3) is 0 Å². The van der Waals surface area contributed by atoms with Gasteiger partial charge in [0.1, 0.15) is 10.6 Å². The molecule has 0 fully saturated rings. The minimum absolute atomic E-state index is 0.208. The van der Waals surface area contributed by atoms with Crippen molar-refractivity contribution in [2.45, 2.75) is 0 Å². The van der Waals surface area contributed by atoms with Crippen molar-refractivity contribution in [3.05, 3.63) is 45.1 Å². The first kappa shape index (κ1) is 12.0. The Balaban J connectivity index is 2.51. The first-order chi connectivity index (χ1) is 8.15. The van der Waals surface area contributed by atoms with Crippen LogP contribution in [0.2, 0.25) is 5.02 Å². The van der Waals surface area contributed by atoms with E-state index in [4.69, 9.17) is 22.1 Å². The van der Waals surface area contributed by atoms with Crippen molar-refractivity contribution >= 4 is 34.4 Å². The molecule has 0 amide bonds. The van der Waals surface area contributed by atoms with E-state index in [1.807, 2.05) is 0 Å². The molecule has 1 aromatic heterocycles. The molecule has 0 radical (unpaired) electrons. The number of hydrogen-bond donors (Lipinski definition) is 1. The maximum atomic E-state index is 12.3. The first-order valence-corrected chi connectivity index (χ1v) is 6.11. The number of nitrogen functional groups attached to an aromatic ring is 1. The third-order valence-corrected chi connectivity index (χ3v) is 3.54. The van der Waals surface area contributed by atoms with Crippen molar-refractivity contribution in [3.63, 3.8) is 0 Å². The molecule has 0 spiro atoms. The molecule has 1 aromatic carbocycles. The van der Waals surface area contributed by atoms with E-state index in [0.29, 0.717) is 26.9 Å². The summed E-state index contributed by atoms with van der Waals surface area (Å²) in [5.41, 5.74) is 6.48. The average molecular weight is 268 g/mol. The first-order valence-electron chi connectivity index (χ1n) is 4.85. The van der Waals surface area contributed by atoms with Crippen LogP contribution in [0.1, 0.15) is 15.2 Å². The maximum absolute atomic E-state index is 12.3. The van der Waals surface area contributed by atoms with Crippen LogP contribution >= 0.6 is 22.9 Å². The number of carbonyl (C=O) groups is 1. The lowest BCUT2D eigenvalue weighted by Gasteiger charge is -2.06. The minimum Gasteiger partial charge on any atom is -0.495 e. The van der Waals surface area contributed by atoms with Crippen molar-refractivity contribution in [2.24, 2.45) is 0 Å². The zero-order chi connectivity index (χ0) is 12.4. The van der Waals surface area contributed by atoms with Crippen LogP contribution in [0.4, 0.5) is 5.69 Å². The van der Waals surface area contributed by atoms with Crippen LogP contribution in [0.5, 0.6) is 5.75 Å². The summed E-state index contributed by atoms with van der Waals surface area (Å²) in [6.45, 7) is 0. The largest absolute Gasteiger partial charge is 0.495 e. The SMILES string of the molecule is COc1ccsc1C(=O)c1c(N)cccc1Cl. The summed E-state index contributed by atoms with van der Waals surface area (Å²) in [4.78, 5) is 12.8. The predicted molar refractivity (Wildman–Crippen MR) is 70.2 cm³/mol. The van der Waals surface area contributed by atoms with E-state index in [0.717, 1.165) is 0 Å². The zero-order valence-electron chi connectivity index (χ0n) is 9.07. The molecule has 0 atom stereocenters. The summed E-state index contributed by atoms with van der Waals surface area (Å²) in [7, 11) is 1.52. The second-order valence-corrected chi connectivity index (χ2v) is 4.67. The zero-order valence-corrected chi connectivity index (χ0v) is 10.6. The van der Waals surface area contributed by atoms with Crippen LogP contribution in [0, 0.1) is 0 Å². The van der Waals surface area contributed by atoms with Gasteiger partial charge in [-0.05, 0) is 23.6 Å². The molecular formula is C12H10ClNO2S. The smallest absolute Gasteiger partial charge is 0.210 e. The summed E-state index contributed by atoms with van der Waals surface area (Å²) in [5, 5.41) is 2.14. The molecule has 0 aliphatic carbocycles. The molecule has 0 aliphatic heterocycles. The second kappa shape index (κ2) is 4.77. The van der Waals surface area contributed by atoms with Crippen molar-refractivity contribution in [1.82, 2.24) is 0 Å². The summed E-state index contributed by atoms with van der Waals surface area (Å²) < 4.78 is 5.11. The quantitative estimate of drug-likeness (QED) is 0.686. The number of halogens is 1. The topological polar surface area (TPSA) is 52.3 Å². The highest BCUT2D eigenvalue weighted by molar-refractivity contribution is 7.12. The summed E-state index contributed by atoms with van der Waals surface area (Å²) >= 11 is 7.31. The van der Waals surface area contributed by atoms with E-state index in [1.165, 1.54) is 18.4 Å². The van der Waals surface area contributed by atoms with Crippen LogP contribution < -0.4 is 10.5 Å². The normalized spacial score (nSPS) is 10.2. The molecule has 17 heavy (non-hydrogen) atoms. The van der Waals surface area contributed by atoms with E-state index in [9.17, 15) is 4.79 Å². The molecule has 2 N–H and O–H groups in total. The fourth-order valence-corrected chi connectivity index (χ4v) is 2.59. The molecule has 0 bridgehead atoms. The van der Waals surface area contributed by atoms with E-state index >= 15 is 0 Å². The highest BCUT2D eigenvalue weighted by atomic mass is 35.5. The molecule has 0 unspecified atom stereocenters. The molecule has 2 aromatic rings. The third kappa shape index (κ3) is 2.14. The third-order valence-electron chi connectivity index (χ3n) is 2.33. The Morgan fingerprint density at radius 3 is 2.82 bits per heavy atom. The molecule has 0 aliphatic rings. The Labute approximate surface area is 108 Å². The van der Waals surface area contributed by atoms with Crippen LogP contribution in [-0.4, -0.2) is 12.9 Å². The van der Waals surface area contributed by atoms with E-state index in [-0.39, 0.29) is 5.78 Å². The van der Waals surface area contributed by atoms with Crippen molar-refractivity contribution in [1.29, 1.82) is 0 Å². The van der Waals surface area contributed by atoms with E-state index in [1.54, 1.807) is 29.6 Å². The van der Waals surface area contributed by atoms with E-state index in [2.05, 4.69) is 0 Å². The van der Waals surface area contributed by atoms with Gasteiger partial charge in [0.15, 0.2) is 0 Å². The maximum Gasteiger partial charge on any atom is 0.210 e. The highest BCUT2D eigenvalue weighted by Gasteiger charge is 2.20. The summed E-state index contributed by atoms with van der Waals surface area (Å²) in [5.74, 6) is 0.333. The lowest BCUT2D eigenvalue weighted by molar-refractivity contribution is 0.104. The average Bonchev–Trinajstić information content (AvgIpc) is 2.76. The molecule has 0 saturated carbocycles. The van der Waals surface area contributed by atoms with Crippen LogP contribution in [0.3, 0.4) is 0 Å². The van der Waals surface area contributed by atoms with Gasteiger partial charge in [-0.2, -0.15) is 0 Å². The van der Waals surface area contributed by atoms with Gasteiger partial charge in [-0.3, -0.25) is 4.79 Å². The standard InChI is InChI=1S/C12H10ClNO2S/c1-16-9-5-6-17-12(9)11(15)10-7(13)3-2-4-8(10)14/h2-6H,14H2,1H3. The highest BCUT2D eigenvalue weighted by Crippen LogP contribution is 2.31. The second-order valence-electron chi connectivity index (χ2n) is 3.35. The van der Waals surface area contributed by atoms with Gasteiger partial charge in [0, 0.05) is 5.69 Å². The van der Waals surface area contributed by atoms with Gasteiger partial charge in [0.2, 0.25) is 5.78 Å². The fourth-order valence-electron chi connectivity index (χ4n) is 1.52. The molecule has 0 saturated heterocycles. The minimum atomic E-state index is -0.208. The van der Waals surface area contributed by atoms with Gasteiger partial charge in [-0.15, -0.1) is 11.3 Å². The Kier molecular flexibility index (Phi) is 3.36. The fraction of sp³-hybridized carbons (Fsp3) is 0.0833. The number of ketones is 1. The molecule has 2 rings (SSSR count). The summed E-state index contributed by atoms with van der Waals surface area (Å²) in [6.07, 6.45) is 0. The monoisotopic (exact) mass is 267 g/mol. The lowest BCUT2D eigenvalue weighted by Crippen LogP contribution is -2.05. The predicted octanol–water partition coefficient (Wildman–Crippen LogP) is 3.22. The van der Waals surface area contributed by atoms with Crippen LogP contribution in [0.25, 0.3) is 0 Å². The molecule has 5 heteroatoms. The van der Waals surface area contributed by atoms with Crippen LogP contribution in [0.15, 0.2) is 29.6 Å². The van der Waals surface area contributed by atoms with Gasteiger partial charge >= 0.3 is 0 Å². The van der Waals surface area contributed by atoms with Crippen molar-refractivity contribution in [2.75, 3.05) is 12.8 Å². The Bertz CT molecular complexity index is 545.